The van der Waals surface area contributed by atoms with E-state index in [1.807, 2.05) is 51.1 Å². The molecule has 284 valence electrons. The molecule has 0 spiro atoms. The quantitative estimate of drug-likeness (QED) is 0.185. The zero-order valence-electron chi connectivity index (χ0n) is 30.7. The molecule has 2 aromatic heterocycles. The number of aromatic nitrogens is 2. The number of hydrogen-bond acceptors (Lipinski definition) is 10. The largest absolute Gasteiger partial charge is 0.497 e. The zero-order chi connectivity index (χ0) is 38.5. The molecule has 0 unspecified atom stereocenters. The number of oxazole rings is 2. The Bertz CT molecular complexity index is 2010. The number of nitrogens with zero attached hydrogens (tertiary/aromatic N) is 3. The molecule has 2 aliphatic rings. The lowest BCUT2D eigenvalue weighted by Crippen LogP contribution is -2.48. The minimum atomic E-state index is -1.06. The van der Waals surface area contributed by atoms with Crippen molar-refractivity contribution in [1.82, 2.24) is 36.1 Å². The van der Waals surface area contributed by atoms with Crippen molar-refractivity contribution >= 4 is 35.3 Å². The van der Waals surface area contributed by atoms with Gasteiger partial charge in [0.25, 0.3) is 11.8 Å². The highest BCUT2D eigenvalue weighted by Crippen LogP contribution is 2.26. The van der Waals surface area contributed by atoms with E-state index in [1.54, 1.807) is 32.2 Å². The second-order valence-electron chi connectivity index (χ2n) is 14.0. The van der Waals surface area contributed by atoms with Crippen molar-refractivity contribution in [3.8, 4) is 5.75 Å². The van der Waals surface area contributed by atoms with E-state index < -0.39 is 59.9 Å². The van der Waals surface area contributed by atoms with Gasteiger partial charge in [-0.05, 0) is 61.9 Å². The highest BCUT2D eigenvalue weighted by molar-refractivity contribution is 5.98. The number of methoxy groups -OCH3 is 1. The van der Waals surface area contributed by atoms with E-state index in [-0.39, 0.29) is 48.5 Å². The normalized spacial score (nSPS) is 22.0. The van der Waals surface area contributed by atoms with Crippen LogP contribution in [0.2, 0.25) is 0 Å². The molecule has 0 saturated carbocycles. The number of ether oxygens (including phenoxy) is 1. The second-order valence-corrected chi connectivity index (χ2v) is 14.0. The molecule has 0 aliphatic carbocycles. The van der Waals surface area contributed by atoms with Gasteiger partial charge in [0, 0.05) is 18.7 Å². The van der Waals surface area contributed by atoms with E-state index in [1.165, 1.54) is 17.4 Å². The summed E-state index contributed by atoms with van der Waals surface area (Å²) in [5, 5.41) is 14.3. The molecule has 1 saturated heterocycles. The standard InChI is InChI=1S/C38H44N8O8/c1-20(2)13-27-32(47)39-22(4)35-44-30(19-53-35)37(50)46-17-24(40-38(51)45-26-12-11-25(52-5)14-21(26)3)16-31(46)34(49)42-28(15-23-9-7-6-8-10-23)36-43-29(18-54-36)33(48)41-27/h6-12,14,18-20,22,24,27-28,31H,13,15-17H2,1-5H3,(H,39,47)(H,41,48)(H,42,49)(H2,40,45,51)/t22-,24+,27-,28+,31+/m1/s1. The first-order chi connectivity index (χ1) is 25.9. The van der Waals surface area contributed by atoms with Crippen LogP contribution in [0.4, 0.5) is 10.5 Å². The molecule has 5 atom stereocenters. The third-order valence-electron chi connectivity index (χ3n) is 9.33. The van der Waals surface area contributed by atoms with Crippen molar-refractivity contribution < 1.29 is 37.5 Å². The molecule has 5 N–H and O–H groups in total. The van der Waals surface area contributed by atoms with E-state index in [4.69, 9.17) is 13.6 Å². The summed E-state index contributed by atoms with van der Waals surface area (Å²) < 4.78 is 16.7. The summed E-state index contributed by atoms with van der Waals surface area (Å²) in [5.74, 6) is -1.46. The number of benzene rings is 2. The average Bonchev–Trinajstić information content (AvgIpc) is 3.92. The third-order valence-corrected chi connectivity index (χ3v) is 9.33. The van der Waals surface area contributed by atoms with Gasteiger partial charge in [-0.15, -0.1) is 0 Å². The molecule has 6 amide bonds. The van der Waals surface area contributed by atoms with Crippen LogP contribution in [0.5, 0.6) is 5.75 Å². The Labute approximate surface area is 311 Å². The molecular formula is C38H44N8O8. The first kappa shape index (κ1) is 37.6. The summed E-state index contributed by atoms with van der Waals surface area (Å²) in [6.07, 6.45) is 2.98. The minimum Gasteiger partial charge on any atom is -0.497 e. The molecule has 16 nitrogen and oxygen atoms in total. The van der Waals surface area contributed by atoms with Crippen LogP contribution in [0.25, 0.3) is 0 Å². The topological polar surface area (TPSA) is 210 Å². The van der Waals surface area contributed by atoms with Gasteiger partial charge in [0.05, 0.1) is 13.2 Å². The van der Waals surface area contributed by atoms with Crippen LogP contribution in [0.15, 0.2) is 69.9 Å². The monoisotopic (exact) mass is 740 g/mol. The number of urea groups is 1. The number of fused-ring (bicyclic) bond motifs is 5. The Balaban J connectivity index is 1.32. The van der Waals surface area contributed by atoms with Gasteiger partial charge in [0.15, 0.2) is 11.4 Å². The van der Waals surface area contributed by atoms with Crippen molar-refractivity contribution in [2.75, 3.05) is 19.0 Å². The Morgan fingerprint density at radius 1 is 0.944 bits per heavy atom. The van der Waals surface area contributed by atoms with Crippen molar-refractivity contribution in [1.29, 1.82) is 0 Å². The number of anilines is 1. The lowest BCUT2D eigenvalue weighted by Gasteiger charge is -2.25. The van der Waals surface area contributed by atoms with Crippen molar-refractivity contribution in [2.24, 2.45) is 5.92 Å². The maximum absolute atomic E-state index is 14.3. The number of carbonyl (C=O) groups is 5. The predicted molar refractivity (Wildman–Crippen MR) is 194 cm³/mol. The Morgan fingerprint density at radius 2 is 1.67 bits per heavy atom. The Morgan fingerprint density at radius 3 is 2.39 bits per heavy atom. The number of nitrogens with one attached hydrogen (secondary N) is 5. The summed E-state index contributed by atoms with van der Waals surface area (Å²) in [5.41, 5.74) is 2.02. The maximum atomic E-state index is 14.3. The highest BCUT2D eigenvalue weighted by atomic mass is 16.5. The number of rotatable bonds is 7. The van der Waals surface area contributed by atoms with E-state index >= 15 is 0 Å². The SMILES string of the molecule is COc1ccc(NC(=O)N[C@H]2C[C@H]3C(=O)N[C@@H](Cc4ccccc4)c4nc(co4)C(=O)N[C@H](CC(C)C)C(=O)N[C@H](C)c4nc(co4)C(=O)N3C2)c(C)c1. The predicted octanol–water partition coefficient (Wildman–Crippen LogP) is 3.82. The van der Waals surface area contributed by atoms with E-state index in [9.17, 15) is 24.0 Å². The lowest BCUT2D eigenvalue weighted by atomic mass is 10.0. The maximum Gasteiger partial charge on any atom is 0.319 e. The molecular weight excluding hydrogens is 696 g/mol. The van der Waals surface area contributed by atoms with Crippen LogP contribution >= 0.6 is 0 Å². The fourth-order valence-corrected chi connectivity index (χ4v) is 6.57. The summed E-state index contributed by atoms with van der Waals surface area (Å²) in [6, 6.07) is 9.75. The molecule has 2 aromatic carbocycles. The van der Waals surface area contributed by atoms with Crippen molar-refractivity contribution in [3.63, 3.8) is 0 Å². The number of amides is 6. The summed E-state index contributed by atoms with van der Waals surface area (Å²) >= 11 is 0. The molecule has 4 heterocycles. The van der Waals surface area contributed by atoms with Crippen LogP contribution in [0.3, 0.4) is 0 Å². The van der Waals surface area contributed by atoms with Crippen LogP contribution in [0.1, 0.15) is 89.6 Å². The molecule has 16 heteroatoms. The number of hydrogen-bond donors (Lipinski definition) is 5. The van der Waals surface area contributed by atoms with Gasteiger partial charge in [-0.25, -0.2) is 14.8 Å². The smallest absolute Gasteiger partial charge is 0.319 e. The van der Waals surface area contributed by atoms with Gasteiger partial charge < -0.3 is 45.1 Å². The molecule has 0 radical (unpaired) electrons. The van der Waals surface area contributed by atoms with Crippen LogP contribution in [0, 0.1) is 12.8 Å². The van der Waals surface area contributed by atoms with Gasteiger partial charge >= 0.3 is 6.03 Å². The highest BCUT2D eigenvalue weighted by Gasteiger charge is 2.42. The number of carbonyl (C=O) groups excluding carboxylic acids is 5. The summed E-state index contributed by atoms with van der Waals surface area (Å²) in [6.45, 7) is 7.29. The molecule has 1 fully saturated rings. The van der Waals surface area contributed by atoms with Gasteiger partial charge in [0.2, 0.25) is 23.6 Å². The van der Waals surface area contributed by atoms with Gasteiger partial charge in [-0.1, -0.05) is 44.2 Å². The Kier molecular flexibility index (Phi) is 11.3. The molecule has 2 aliphatic heterocycles. The van der Waals surface area contributed by atoms with Crippen molar-refractivity contribution in [2.45, 2.75) is 77.2 Å². The van der Waals surface area contributed by atoms with E-state index in [0.29, 0.717) is 17.9 Å². The zero-order valence-corrected chi connectivity index (χ0v) is 30.7. The summed E-state index contributed by atoms with van der Waals surface area (Å²) in [4.78, 5) is 78.6. The minimum absolute atomic E-state index is 0.0238. The van der Waals surface area contributed by atoms with E-state index in [2.05, 4.69) is 36.6 Å². The number of aryl methyl sites for hydroxylation is 1. The van der Waals surface area contributed by atoms with Crippen LogP contribution in [-0.2, 0) is 16.0 Å². The molecule has 4 aromatic rings. The van der Waals surface area contributed by atoms with Gasteiger partial charge in [-0.3, -0.25) is 19.2 Å². The lowest BCUT2D eigenvalue weighted by molar-refractivity contribution is -0.126. The molecule has 6 rings (SSSR count). The molecule has 4 bridgehead atoms. The fraction of sp³-hybridized carbons (Fsp3) is 0.395. The fourth-order valence-electron chi connectivity index (χ4n) is 6.57. The third kappa shape index (κ3) is 8.70. The van der Waals surface area contributed by atoms with E-state index in [0.717, 1.165) is 11.1 Å². The van der Waals surface area contributed by atoms with Crippen molar-refractivity contribution in [3.05, 3.63) is 95.4 Å². The molecule has 54 heavy (non-hydrogen) atoms. The van der Waals surface area contributed by atoms with Crippen LogP contribution < -0.4 is 31.3 Å². The first-order valence-electron chi connectivity index (χ1n) is 17.8. The summed E-state index contributed by atoms with van der Waals surface area (Å²) in [7, 11) is 1.55. The first-order valence-corrected chi connectivity index (χ1v) is 17.8. The average molecular weight is 741 g/mol. The van der Waals surface area contributed by atoms with Gasteiger partial charge in [0.1, 0.15) is 42.4 Å². The Hall–Kier alpha value is -6.19. The van der Waals surface area contributed by atoms with Crippen LogP contribution in [-0.4, -0.2) is 76.3 Å². The van der Waals surface area contributed by atoms with Gasteiger partial charge in [-0.2, -0.15) is 0 Å². The second kappa shape index (κ2) is 16.2.